The molecule has 1 aliphatic rings. The summed E-state index contributed by atoms with van der Waals surface area (Å²) in [6.45, 7) is 5.91. The van der Waals surface area contributed by atoms with Crippen LogP contribution in [0.25, 0.3) is 0 Å². The van der Waals surface area contributed by atoms with Gasteiger partial charge in [0.25, 0.3) is 11.8 Å². The van der Waals surface area contributed by atoms with Crippen LogP contribution >= 0.6 is 11.3 Å². The van der Waals surface area contributed by atoms with Crippen LogP contribution in [0, 0.1) is 13.8 Å². The fourth-order valence-electron chi connectivity index (χ4n) is 2.89. The van der Waals surface area contributed by atoms with E-state index >= 15 is 0 Å². The summed E-state index contributed by atoms with van der Waals surface area (Å²) < 4.78 is 0. The van der Waals surface area contributed by atoms with Crippen LogP contribution in [-0.4, -0.2) is 16.7 Å². The second-order valence-electron chi connectivity index (χ2n) is 5.29. The zero-order chi connectivity index (χ0) is 15.3. The maximum absolute atomic E-state index is 12.6. The molecule has 4 nitrogen and oxygen atoms in total. The molecule has 0 aliphatic carbocycles. The quantitative estimate of drug-likeness (QED) is 0.683. The number of nitrogens with zero attached hydrogens (tertiary/aromatic N) is 1. The van der Waals surface area contributed by atoms with Gasteiger partial charge in [0.1, 0.15) is 0 Å². The lowest BCUT2D eigenvalue weighted by Gasteiger charge is -2.22. The molecule has 3 rings (SSSR count). The molecule has 0 spiro atoms. The predicted octanol–water partition coefficient (Wildman–Crippen LogP) is 3.30. The fraction of sp³-hybridized carbons (Fsp3) is 0.250. The number of benzene rings is 1. The van der Waals surface area contributed by atoms with Crippen LogP contribution in [0.1, 0.15) is 49.0 Å². The van der Waals surface area contributed by atoms with Gasteiger partial charge in [-0.2, -0.15) is 0 Å². The molecule has 5 heteroatoms. The largest absolute Gasteiger partial charge is 0.398 e. The van der Waals surface area contributed by atoms with Crippen LogP contribution in [0.5, 0.6) is 0 Å². The van der Waals surface area contributed by atoms with Crippen LogP contribution < -0.4 is 5.73 Å². The monoisotopic (exact) mass is 300 g/mol. The standard InChI is InChI=1S/C16H16N2O2S/c1-8-7-12(10(3)21-8)9(2)18-15(19)11-5-4-6-13(17)14(11)16(18)20/h4-7,9H,17H2,1-3H3. The van der Waals surface area contributed by atoms with E-state index in [4.69, 9.17) is 5.73 Å². The minimum Gasteiger partial charge on any atom is -0.398 e. The van der Waals surface area contributed by atoms with E-state index in [1.165, 1.54) is 9.78 Å². The molecule has 1 unspecified atom stereocenters. The molecule has 0 fully saturated rings. The first-order valence-corrected chi connectivity index (χ1v) is 7.56. The van der Waals surface area contributed by atoms with Crippen LogP contribution in [0.2, 0.25) is 0 Å². The summed E-state index contributed by atoms with van der Waals surface area (Å²) in [6.07, 6.45) is 0. The SMILES string of the molecule is Cc1cc(C(C)N2C(=O)c3cccc(N)c3C2=O)c(C)s1. The lowest BCUT2D eigenvalue weighted by atomic mass is 10.1. The van der Waals surface area contributed by atoms with Crippen molar-refractivity contribution in [1.82, 2.24) is 4.90 Å². The van der Waals surface area contributed by atoms with Crippen LogP contribution in [0.4, 0.5) is 5.69 Å². The third kappa shape index (κ3) is 1.96. The summed E-state index contributed by atoms with van der Waals surface area (Å²) >= 11 is 1.67. The van der Waals surface area contributed by atoms with Gasteiger partial charge >= 0.3 is 0 Å². The maximum Gasteiger partial charge on any atom is 0.264 e. The summed E-state index contributed by atoms with van der Waals surface area (Å²) in [5.41, 5.74) is 7.97. The van der Waals surface area contributed by atoms with Crippen LogP contribution in [-0.2, 0) is 0 Å². The molecule has 1 atom stereocenters. The summed E-state index contributed by atoms with van der Waals surface area (Å²) in [5, 5.41) is 0. The van der Waals surface area contributed by atoms with Crippen molar-refractivity contribution >= 4 is 28.8 Å². The second-order valence-corrected chi connectivity index (χ2v) is 6.76. The number of amides is 2. The molecule has 0 saturated heterocycles. The predicted molar refractivity (Wildman–Crippen MR) is 83.6 cm³/mol. The van der Waals surface area contributed by atoms with E-state index in [2.05, 4.69) is 0 Å². The molecular weight excluding hydrogens is 284 g/mol. The number of hydrogen-bond donors (Lipinski definition) is 1. The minimum atomic E-state index is -0.302. The molecule has 0 bridgehead atoms. The zero-order valence-corrected chi connectivity index (χ0v) is 13.0. The minimum absolute atomic E-state index is 0.266. The van der Waals surface area contributed by atoms with Crippen molar-refractivity contribution in [3.63, 3.8) is 0 Å². The number of fused-ring (bicyclic) bond motifs is 1. The Morgan fingerprint density at radius 2 is 1.90 bits per heavy atom. The van der Waals surface area contributed by atoms with Crippen molar-refractivity contribution in [2.45, 2.75) is 26.8 Å². The molecular formula is C16H16N2O2S. The van der Waals surface area contributed by atoms with Gasteiger partial charge in [0, 0.05) is 15.4 Å². The Balaban J connectivity index is 2.06. The van der Waals surface area contributed by atoms with Gasteiger partial charge < -0.3 is 5.73 Å². The smallest absolute Gasteiger partial charge is 0.264 e. The van der Waals surface area contributed by atoms with E-state index in [1.807, 2.05) is 26.8 Å². The van der Waals surface area contributed by atoms with Crippen LogP contribution in [0.3, 0.4) is 0 Å². The number of anilines is 1. The number of thiophene rings is 1. The maximum atomic E-state index is 12.6. The van der Waals surface area contributed by atoms with Gasteiger partial charge in [0.05, 0.1) is 17.2 Å². The van der Waals surface area contributed by atoms with E-state index in [0.717, 1.165) is 10.4 Å². The molecule has 2 aromatic rings. The highest BCUT2D eigenvalue weighted by Crippen LogP contribution is 2.36. The molecule has 0 saturated carbocycles. The van der Waals surface area contributed by atoms with Crippen molar-refractivity contribution in [3.8, 4) is 0 Å². The molecule has 2 amide bonds. The Labute approximate surface area is 127 Å². The summed E-state index contributed by atoms with van der Waals surface area (Å²) in [4.78, 5) is 28.8. The molecule has 1 aromatic carbocycles. The number of aryl methyl sites for hydroxylation is 2. The highest BCUT2D eigenvalue weighted by Gasteiger charge is 2.40. The highest BCUT2D eigenvalue weighted by atomic mass is 32.1. The van der Waals surface area contributed by atoms with Gasteiger partial charge in [-0.25, -0.2) is 0 Å². The molecule has 21 heavy (non-hydrogen) atoms. The van der Waals surface area contributed by atoms with Gasteiger partial charge in [-0.1, -0.05) is 6.07 Å². The second kappa shape index (κ2) is 4.70. The summed E-state index contributed by atoms with van der Waals surface area (Å²) in [5.74, 6) is -0.568. The Morgan fingerprint density at radius 3 is 2.48 bits per heavy atom. The lowest BCUT2D eigenvalue weighted by Crippen LogP contribution is -2.32. The Morgan fingerprint density at radius 1 is 1.19 bits per heavy atom. The zero-order valence-electron chi connectivity index (χ0n) is 12.1. The third-order valence-electron chi connectivity index (χ3n) is 3.90. The highest BCUT2D eigenvalue weighted by molar-refractivity contribution is 7.12. The van der Waals surface area contributed by atoms with Gasteiger partial charge in [-0.15, -0.1) is 11.3 Å². The average Bonchev–Trinajstić information content (AvgIpc) is 2.88. The number of carbonyl (C=O) groups excluding carboxylic acids is 2. The molecule has 108 valence electrons. The Bertz CT molecular complexity index is 764. The third-order valence-corrected chi connectivity index (χ3v) is 4.88. The van der Waals surface area contributed by atoms with Gasteiger partial charge in [-0.3, -0.25) is 14.5 Å². The van der Waals surface area contributed by atoms with E-state index in [-0.39, 0.29) is 17.9 Å². The topological polar surface area (TPSA) is 63.4 Å². The van der Waals surface area contributed by atoms with Crippen molar-refractivity contribution in [3.05, 3.63) is 50.7 Å². The van der Waals surface area contributed by atoms with E-state index in [1.54, 1.807) is 29.5 Å². The van der Waals surface area contributed by atoms with Gasteiger partial charge in [0.15, 0.2) is 0 Å². The molecule has 0 radical (unpaired) electrons. The first-order valence-electron chi connectivity index (χ1n) is 6.75. The summed E-state index contributed by atoms with van der Waals surface area (Å²) in [7, 11) is 0. The fourth-order valence-corrected chi connectivity index (χ4v) is 3.90. The van der Waals surface area contributed by atoms with Crippen molar-refractivity contribution < 1.29 is 9.59 Å². The Kier molecular flexibility index (Phi) is 3.10. The van der Waals surface area contributed by atoms with Crippen LogP contribution in [0.15, 0.2) is 24.3 Å². The van der Waals surface area contributed by atoms with Crippen molar-refractivity contribution in [2.24, 2.45) is 0 Å². The first-order chi connectivity index (χ1) is 9.91. The number of hydrogen-bond acceptors (Lipinski definition) is 4. The van der Waals surface area contributed by atoms with E-state index in [0.29, 0.717) is 16.8 Å². The van der Waals surface area contributed by atoms with Crippen molar-refractivity contribution in [2.75, 3.05) is 5.73 Å². The molecule has 2 N–H and O–H groups in total. The summed E-state index contributed by atoms with van der Waals surface area (Å²) in [6, 6.07) is 6.76. The van der Waals surface area contributed by atoms with E-state index < -0.39 is 0 Å². The number of imide groups is 1. The number of nitrogen functional groups attached to an aromatic ring is 1. The lowest BCUT2D eigenvalue weighted by molar-refractivity contribution is 0.0595. The molecule has 1 aromatic heterocycles. The first kappa shape index (κ1) is 13.8. The normalized spacial score (nSPS) is 15.5. The number of rotatable bonds is 2. The Hall–Kier alpha value is -2.14. The molecule has 2 heterocycles. The van der Waals surface area contributed by atoms with E-state index in [9.17, 15) is 9.59 Å². The average molecular weight is 300 g/mol. The number of carbonyl (C=O) groups is 2. The van der Waals surface area contributed by atoms with Gasteiger partial charge in [-0.05, 0) is 44.5 Å². The number of nitrogens with two attached hydrogens (primary N) is 1. The molecule has 1 aliphatic heterocycles. The van der Waals surface area contributed by atoms with Gasteiger partial charge in [0.2, 0.25) is 0 Å². The van der Waals surface area contributed by atoms with Crippen molar-refractivity contribution in [1.29, 1.82) is 0 Å².